The van der Waals surface area contributed by atoms with Crippen LogP contribution in [0, 0.1) is 5.92 Å². The second-order valence-electron chi connectivity index (χ2n) is 10.1. The molecule has 0 saturated carbocycles. The van der Waals surface area contributed by atoms with Crippen molar-refractivity contribution in [1.29, 1.82) is 0 Å². The SMILES string of the molecule is CCCC1(C)OC(COCc2ccccc2)C(OCc2ccccc2)C(C)C1OCc1ccccc1. The van der Waals surface area contributed by atoms with Crippen molar-refractivity contribution in [3.05, 3.63) is 108 Å². The Morgan fingerprint density at radius 2 is 1.22 bits per heavy atom. The van der Waals surface area contributed by atoms with E-state index in [0.29, 0.717) is 26.4 Å². The van der Waals surface area contributed by atoms with Crippen LogP contribution in [0.25, 0.3) is 0 Å². The lowest BCUT2D eigenvalue weighted by molar-refractivity contribution is -0.278. The molecule has 192 valence electrons. The van der Waals surface area contributed by atoms with E-state index in [1.165, 1.54) is 5.56 Å². The first-order valence-electron chi connectivity index (χ1n) is 13.2. The molecule has 5 unspecified atom stereocenters. The molecule has 0 radical (unpaired) electrons. The fourth-order valence-corrected chi connectivity index (χ4v) is 5.35. The lowest BCUT2D eigenvalue weighted by Crippen LogP contribution is -2.62. The van der Waals surface area contributed by atoms with E-state index in [2.05, 4.69) is 69.3 Å². The molecule has 1 heterocycles. The Morgan fingerprint density at radius 1 is 0.722 bits per heavy atom. The van der Waals surface area contributed by atoms with Gasteiger partial charge in [-0.15, -0.1) is 0 Å². The minimum absolute atomic E-state index is 0.0937. The quantitative estimate of drug-likeness (QED) is 0.276. The Balaban J connectivity index is 1.51. The third kappa shape index (κ3) is 7.04. The van der Waals surface area contributed by atoms with Crippen LogP contribution in [-0.4, -0.2) is 30.5 Å². The third-order valence-corrected chi connectivity index (χ3v) is 7.08. The van der Waals surface area contributed by atoms with Crippen LogP contribution in [0.5, 0.6) is 0 Å². The van der Waals surface area contributed by atoms with Crippen LogP contribution in [0.1, 0.15) is 50.3 Å². The summed E-state index contributed by atoms with van der Waals surface area (Å²) in [6, 6.07) is 30.9. The third-order valence-electron chi connectivity index (χ3n) is 7.08. The first-order valence-corrected chi connectivity index (χ1v) is 13.2. The van der Waals surface area contributed by atoms with E-state index in [4.69, 9.17) is 18.9 Å². The zero-order chi connectivity index (χ0) is 25.2. The Hall–Kier alpha value is -2.50. The van der Waals surface area contributed by atoms with Crippen molar-refractivity contribution in [3.8, 4) is 0 Å². The summed E-state index contributed by atoms with van der Waals surface area (Å²) in [5, 5.41) is 0. The molecule has 4 nitrogen and oxygen atoms in total. The predicted molar refractivity (Wildman–Crippen MR) is 143 cm³/mol. The highest BCUT2D eigenvalue weighted by molar-refractivity contribution is 5.15. The fraction of sp³-hybridized carbons (Fsp3) is 0.438. The predicted octanol–water partition coefficient (Wildman–Crippen LogP) is 6.97. The average molecular weight is 489 g/mol. The molecule has 1 saturated heterocycles. The molecule has 0 bridgehead atoms. The minimum atomic E-state index is -0.420. The maximum atomic E-state index is 6.85. The largest absolute Gasteiger partial charge is 0.374 e. The summed E-state index contributed by atoms with van der Waals surface area (Å²) >= 11 is 0. The van der Waals surface area contributed by atoms with Crippen molar-refractivity contribution in [2.45, 2.75) is 77.3 Å². The van der Waals surface area contributed by atoms with Gasteiger partial charge >= 0.3 is 0 Å². The minimum Gasteiger partial charge on any atom is -0.374 e. The molecular formula is C32H40O4. The summed E-state index contributed by atoms with van der Waals surface area (Å²) in [5.41, 5.74) is 3.05. The van der Waals surface area contributed by atoms with Gasteiger partial charge < -0.3 is 18.9 Å². The maximum absolute atomic E-state index is 6.85. The molecule has 0 aromatic heterocycles. The van der Waals surface area contributed by atoms with Crippen LogP contribution in [0.2, 0.25) is 0 Å². The monoisotopic (exact) mass is 488 g/mol. The van der Waals surface area contributed by atoms with Gasteiger partial charge in [-0.25, -0.2) is 0 Å². The Bertz CT molecular complexity index is 1010. The lowest BCUT2D eigenvalue weighted by atomic mass is 9.78. The Morgan fingerprint density at radius 3 is 1.75 bits per heavy atom. The van der Waals surface area contributed by atoms with Crippen molar-refractivity contribution in [2.75, 3.05) is 6.61 Å². The van der Waals surface area contributed by atoms with E-state index >= 15 is 0 Å². The topological polar surface area (TPSA) is 36.9 Å². The van der Waals surface area contributed by atoms with Gasteiger partial charge in [-0.05, 0) is 30.0 Å². The molecule has 3 aromatic carbocycles. The molecule has 0 amide bonds. The zero-order valence-corrected chi connectivity index (χ0v) is 21.8. The normalized spacial score (nSPS) is 26.1. The summed E-state index contributed by atoms with van der Waals surface area (Å²) < 4.78 is 26.2. The van der Waals surface area contributed by atoms with Crippen molar-refractivity contribution >= 4 is 0 Å². The van der Waals surface area contributed by atoms with Crippen molar-refractivity contribution in [2.24, 2.45) is 5.92 Å². The second-order valence-corrected chi connectivity index (χ2v) is 10.1. The van der Waals surface area contributed by atoms with Gasteiger partial charge in [0, 0.05) is 5.92 Å². The summed E-state index contributed by atoms with van der Waals surface area (Å²) in [6.07, 6.45) is 1.51. The van der Waals surface area contributed by atoms with Gasteiger partial charge in [0.05, 0.1) is 44.2 Å². The molecule has 5 atom stereocenters. The van der Waals surface area contributed by atoms with Crippen LogP contribution < -0.4 is 0 Å². The van der Waals surface area contributed by atoms with Crippen molar-refractivity contribution < 1.29 is 18.9 Å². The highest BCUT2D eigenvalue weighted by Gasteiger charge is 2.51. The van der Waals surface area contributed by atoms with Gasteiger partial charge in [0.1, 0.15) is 6.10 Å². The van der Waals surface area contributed by atoms with E-state index < -0.39 is 5.60 Å². The standard InChI is InChI=1S/C32H40O4/c1-4-20-32(3)31(35-23-28-18-12-7-13-19-28)25(2)30(34-22-27-16-10-6-11-17-27)29(36-32)24-33-21-26-14-8-5-9-15-26/h5-19,25,29-31H,4,20-24H2,1-3H3. The van der Waals surface area contributed by atoms with Crippen LogP contribution >= 0.6 is 0 Å². The molecule has 36 heavy (non-hydrogen) atoms. The van der Waals surface area contributed by atoms with E-state index in [1.54, 1.807) is 0 Å². The molecule has 1 aliphatic heterocycles. The first-order chi connectivity index (χ1) is 17.6. The summed E-state index contributed by atoms with van der Waals surface area (Å²) in [5.74, 6) is 0.132. The van der Waals surface area contributed by atoms with Gasteiger partial charge in [-0.1, -0.05) is 111 Å². The van der Waals surface area contributed by atoms with Crippen molar-refractivity contribution in [3.63, 3.8) is 0 Å². The highest BCUT2D eigenvalue weighted by Crippen LogP contribution is 2.40. The molecule has 0 N–H and O–H groups in total. The summed E-state index contributed by atoms with van der Waals surface area (Å²) in [7, 11) is 0. The number of hydrogen-bond donors (Lipinski definition) is 0. The molecule has 4 heteroatoms. The van der Waals surface area contributed by atoms with Gasteiger partial charge in [0.15, 0.2) is 0 Å². The fourth-order valence-electron chi connectivity index (χ4n) is 5.35. The molecule has 0 aliphatic carbocycles. The molecule has 1 aliphatic rings. The second kappa shape index (κ2) is 13.2. The van der Waals surface area contributed by atoms with E-state index in [0.717, 1.165) is 24.0 Å². The van der Waals surface area contributed by atoms with Gasteiger partial charge in [0.2, 0.25) is 0 Å². The first kappa shape index (κ1) is 26.6. The smallest absolute Gasteiger partial charge is 0.108 e. The molecular weight excluding hydrogens is 448 g/mol. The maximum Gasteiger partial charge on any atom is 0.108 e. The van der Waals surface area contributed by atoms with Crippen molar-refractivity contribution in [1.82, 2.24) is 0 Å². The number of hydrogen-bond acceptors (Lipinski definition) is 4. The number of ether oxygens (including phenoxy) is 4. The van der Waals surface area contributed by atoms with Crippen LogP contribution in [0.15, 0.2) is 91.0 Å². The van der Waals surface area contributed by atoms with Gasteiger partial charge in [-0.3, -0.25) is 0 Å². The Kier molecular flexibility index (Phi) is 9.71. The van der Waals surface area contributed by atoms with Crippen LogP contribution in [0.3, 0.4) is 0 Å². The summed E-state index contributed by atoms with van der Waals surface area (Å²) in [6.45, 7) is 8.75. The number of benzene rings is 3. The Labute approximate surface area is 216 Å². The highest BCUT2D eigenvalue weighted by atomic mass is 16.6. The molecule has 4 rings (SSSR count). The average Bonchev–Trinajstić information content (AvgIpc) is 2.90. The zero-order valence-electron chi connectivity index (χ0n) is 21.8. The number of rotatable bonds is 12. The van der Waals surface area contributed by atoms with Gasteiger partial charge in [-0.2, -0.15) is 0 Å². The van der Waals surface area contributed by atoms with E-state index in [1.807, 2.05) is 42.5 Å². The lowest BCUT2D eigenvalue weighted by Gasteiger charge is -2.51. The van der Waals surface area contributed by atoms with Gasteiger partial charge in [0.25, 0.3) is 0 Å². The van der Waals surface area contributed by atoms with Crippen LogP contribution in [0.4, 0.5) is 0 Å². The van der Waals surface area contributed by atoms with E-state index in [9.17, 15) is 0 Å². The molecule has 0 spiro atoms. The molecule has 3 aromatic rings. The summed E-state index contributed by atoms with van der Waals surface area (Å²) in [4.78, 5) is 0. The molecule has 1 fully saturated rings. The van der Waals surface area contributed by atoms with Crippen LogP contribution in [-0.2, 0) is 38.8 Å². The van der Waals surface area contributed by atoms with E-state index in [-0.39, 0.29) is 24.2 Å².